The Morgan fingerprint density at radius 2 is 1.65 bits per heavy atom. The maximum absolute atomic E-state index is 14.3. The van der Waals surface area contributed by atoms with Gasteiger partial charge in [0, 0.05) is 23.2 Å². The molecule has 2 heterocycles. The molecule has 3 aromatic carbocycles. The second-order valence-electron chi connectivity index (χ2n) is 11.0. The number of fused-ring (bicyclic) bond motifs is 1. The minimum absolute atomic E-state index is 0.0688. The van der Waals surface area contributed by atoms with Gasteiger partial charge >= 0.3 is 6.18 Å². The molecule has 2 atom stereocenters. The van der Waals surface area contributed by atoms with Gasteiger partial charge in [-0.15, -0.1) is 0 Å². The van der Waals surface area contributed by atoms with Crippen LogP contribution >= 0.6 is 0 Å². The molecule has 46 heavy (non-hydrogen) atoms. The van der Waals surface area contributed by atoms with Crippen LogP contribution in [0.25, 0.3) is 22.0 Å². The largest absolute Gasteiger partial charge is 0.391 e. The number of nitrogens with two attached hydrogens (primary N) is 1. The number of alkyl halides is 3. The summed E-state index contributed by atoms with van der Waals surface area (Å²) in [6, 6.07) is 9.52. The average Bonchev–Trinajstić information content (AvgIpc) is 3.37. The standard InChI is InChI=1S/C33H27F6N5O2/c1-17-8-21-16-42-44(28(21)9-18(17)2)29(15-33(37,38)39)32(46)43-27(12-19-10-22(34)14-23(35)11-19)30-24(4-3-7-41-30)20-5-6-26(36)25(13-20)31(40)45/h3-11,13-14,16,27,29H,12,15H2,1-2H3,(H2,40,45)(H,43,46)/t27-,29-/m0/s1. The van der Waals surface area contributed by atoms with Gasteiger partial charge in [-0.25, -0.2) is 13.2 Å². The first-order valence-corrected chi connectivity index (χ1v) is 14.0. The fourth-order valence-electron chi connectivity index (χ4n) is 5.34. The van der Waals surface area contributed by atoms with Crippen molar-refractivity contribution in [3.63, 3.8) is 0 Å². The molecule has 0 aliphatic rings. The summed E-state index contributed by atoms with van der Waals surface area (Å²) in [6.07, 6.45) is -3.93. The molecule has 0 unspecified atom stereocenters. The molecule has 0 aliphatic heterocycles. The lowest BCUT2D eigenvalue weighted by atomic mass is 9.94. The second-order valence-corrected chi connectivity index (χ2v) is 11.0. The molecule has 238 valence electrons. The highest BCUT2D eigenvalue weighted by Gasteiger charge is 2.38. The van der Waals surface area contributed by atoms with Crippen LogP contribution in [0.15, 0.2) is 73.1 Å². The number of halogens is 6. The van der Waals surface area contributed by atoms with Gasteiger partial charge in [0.1, 0.15) is 23.5 Å². The summed E-state index contributed by atoms with van der Waals surface area (Å²) in [7, 11) is 0. The molecule has 0 saturated heterocycles. The molecule has 5 rings (SSSR count). The first-order valence-electron chi connectivity index (χ1n) is 14.0. The summed E-state index contributed by atoms with van der Waals surface area (Å²) in [6.45, 7) is 3.62. The van der Waals surface area contributed by atoms with Crippen molar-refractivity contribution in [2.24, 2.45) is 5.73 Å². The van der Waals surface area contributed by atoms with E-state index in [1.165, 1.54) is 36.7 Å². The normalized spacial score (nSPS) is 13.0. The molecule has 0 radical (unpaired) electrons. The number of benzene rings is 3. The Balaban J connectivity index is 1.62. The zero-order chi connectivity index (χ0) is 33.3. The highest BCUT2D eigenvalue weighted by Crippen LogP contribution is 2.34. The summed E-state index contributed by atoms with van der Waals surface area (Å²) < 4.78 is 85.5. The van der Waals surface area contributed by atoms with E-state index in [9.17, 15) is 35.9 Å². The van der Waals surface area contributed by atoms with E-state index in [0.717, 1.165) is 34.0 Å². The third kappa shape index (κ3) is 7.03. The van der Waals surface area contributed by atoms with Gasteiger partial charge in [0.2, 0.25) is 5.91 Å². The Kier molecular flexibility index (Phi) is 8.86. The van der Waals surface area contributed by atoms with Crippen molar-refractivity contribution in [2.45, 2.75) is 44.9 Å². The maximum Gasteiger partial charge on any atom is 0.391 e. The first-order chi connectivity index (χ1) is 21.7. The minimum Gasteiger partial charge on any atom is -0.366 e. The van der Waals surface area contributed by atoms with Gasteiger partial charge in [0.25, 0.3) is 5.91 Å². The molecule has 0 spiro atoms. The number of aryl methyl sites for hydroxylation is 2. The minimum atomic E-state index is -4.78. The Morgan fingerprint density at radius 3 is 2.33 bits per heavy atom. The van der Waals surface area contributed by atoms with E-state index in [1.807, 2.05) is 6.92 Å². The Hall–Kier alpha value is -5.20. The van der Waals surface area contributed by atoms with E-state index < -0.39 is 59.5 Å². The smallest absolute Gasteiger partial charge is 0.366 e. The van der Waals surface area contributed by atoms with E-state index >= 15 is 0 Å². The second kappa shape index (κ2) is 12.7. The molecule has 0 bridgehead atoms. The Morgan fingerprint density at radius 1 is 0.957 bits per heavy atom. The first kappa shape index (κ1) is 32.2. The Bertz CT molecular complexity index is 1940. The number of carbonyl (C=O) groups is 2. The highest BCUT2D eigenvalue weighted by molar-refractivity contribution is 5.94. The number of pyridine rings is 1. The third-order valence-electron chi connectivity index (χ3n) is 7.62. The van der Waals surface area contributed by atoms with Crippen LogP contribution in [0.1, 0.15) is 51.2 Å². The molecule has 0 saturated carbocycles. The van der Waals surface area contributed by atoms with E-state index in [-0.39, 0.29) is 28.8 Å². The van der Waals surface area contributed by atoms with Crippen molar-refractivity contribution in [3.05, 3.63) is 118 Å². The van der Waals surface area contributed by atoms with Crippen molar-refractivity contribution in [1.82, 2.24) is 20.1 Å². The lowest BCUT2D eigenvalue weighted by Gasteiger charge is -2.26. The van der Waals surface area contributed by atoms with Crippen LogP contribution in [0.3, 0.4) is 0 Å². The van der Waals surface area contributed by atoms with Crippen LogP contribution in [-0.4, -0.2) is 32.8 Å². The summed E-state index contributed by atoms with van der Waals surface area (Å²) in [5, 5.41) is 7.27. The highest BCUT2D eigenvalue weighted by atomic mass is 19.4. The fourth-order valence-corrected chi connectivity index (χ4v) is 5.34. The van der Waals surface area contributed by atoms with Crippen LogP contribution in [-0.2, 0) is 11.2 Å². The molecular weight excluding hydrogens is 612 g/mol. The molecule has 0 aliphatic carbocycles. The van der Waals surface area contributed by atoms with E-state index in [0.29, 0.717) is 17.0 Å². The van der Waals surface area contributed by atoms with Crippen molar-refractivity contribution >= 4 is 22.7 Å². The quantitative estimate of drug-likeness (QED) is 0.173. The number of hydrogen-bond acceptors (Lipinski definition) is 4. The molecule has 0 fully saturated rings. The Labute approximate surface area is 259 Å². The zero-order valence-corrected chi connectivity index (χ0v) is 24.5. The van der Waals surface area contributed by atoms with Crippen LogP contribution in [0.2, 0.25) is 0 Å². The van der Waals surface area contributed by atoms with Gasteiger partial charge in [-0.3, -0.25) is 19.3 Å². The lowest BCUT2D eigenvalue weighted by Crippen LogP contribution is -2.39. The molecule has 2 amide bonds. The van der Waals surface area contributed by atoms with Crippen LogP contribution in [0.4, 0.5) is 26.3 Å². The van der Waals surface area contributed by atoms with E-state index in [2.05, 4.69) is 15.4 Å². The molecule has 7 nitrogen and oxygen atoms in total. The summed E-state index contributed by atoms with van der Waals surface area (Å²) >= 11 is 0. The molecular formula is C33H27F6N5O2. The zero-order valence-electron chi connectivity index (χ0n) is 24.5. The monoisotopic (exact) mass is 639 g/mol. The van der Waals surface area contributed by atoms with E-state index in [4.69, 9.17) is 5.73 Å². The summed E-state index contributed by atoms with van der Waals surface area (Å²) in [4.78, 5) is 30.1. The molecule has 13 heteroatoms. The lowest BCUT2D eigenvalue weighted by molar-refractivity contribution is -0.153. The molecule has 3 N–H and O–H groups in total. The van der Waals surface area contributed by atoms with Gasteiger partial charge in [0.05, 0.1) is 35.4 Å². The number of rotatable bonds is 9. The topological polar surface area (TPSA) is 103 Å². The van der Waals surface area contributed by atoms with Crippen molar-refractivity contribution in [2.75, 3.05) is 0 Å². The molecule has 2 aromatic heterocycles. The number of amides is 2. The van der Waals surface area contributed by atoms with Crippen LogP contribution in [0.5, 0.6) is 0 Å². The SMILES string of the molecule is Cc1cc2cnn([C@@H](CC(F)(F)F)C(=O)N[C@@H](Cc3cc(F)cc(F)c3)c3ncccc3-c3ccc(F)c(C(N)=O)c3)c2cc1C. The van der Waals surface area contributed by atoms with Gasteiger partial charge in [-0.1, -0.05) is 12.1 Å². The fraction of sp³-hybridized carbons (Fsp3) is 0.212. The van der Waals surface area contributed by atoms with Gasteiger partial charge < -0.3 is 11.1 Å². The van der Waals surface area contributed by atoms with Gasteiger partial charge in [-0.05, 0) is 85.0 Å². The number of hydrogen-bond donors (Lipinski definition) is 2. The predicted octanol–water partition coefficient (Wildman–Crippen LogP) is 6.83. The van der Waals surface area contributed by atoms with Crippen LogP contribution in [0, 0.1) is 31.3 Å². The average molecular weight is 640 g/mol. The van der Waals surface area contributed by atoms with E-state index in [1.54, 1.807) is 19.1 Å². The molecule has 5 aromatic rings. The number of nitrogens with one attached hydrogen (secondary N) is 1. The summed E-state index contributed by atoms with van der Waals surface area (Å²) in [5.41, 5.74) is 7.51. The van der Waals surface area contributed by atoms with Crippen LogP contribution < -0.4 is 11.1 Å². The maximum atomic E-state index is 14.3. The van der Waals surface area contributed by atoms with Crippen molar-refractivity contribution in [1.29, 1.82) is 0 Å². The number of aromatic nitrogens is 3. The predicted molar refractivity (Wildman–Crippen MR) is 158 cm³/mol. The summed E-state index contributed by atoms with van der Waals surface area (Å²) in [5.74, 6) is -4.83. The number of carbonyl (C=O) groups excluding carboxylic acids is 2. The van der Waals surface area contributed by atoms with Crippen molar-refractivity contribution in [3.8, 4) is 11.1 Å². The number of nitrogens with zero attached hydrogens (tertiary/aromatic N) is 3. The number of primary amides is 1. The van der Waals surface area contributed by atoms with Crippen molar-refractivity contribution < 1.29 is 35.9 Å². The van der Waals surface area contributed by atoms with Gasteiger partial charge in [0.15, 0.2) is 0 Å². The van der Waals surface area contributed by atoms with Gasteiger partial charge in [-0.2, -0.15) is 18.3 Å². The third-order valence-corrected chi connectivity index (χ3v) is 7.62.